The molecule has 0 aromatic heterocycles. The highest BCUT2D eigenvalue weighted by molar-refractivity contribution is 7.89. The largest absolute Gasteiger partial charge is 0.243 e. The minimum atomic E-state index is -3.32. The normalized spacial score (nSPS) is 17.5. The third-order valence-corrected chi connectivity index (χ3v) is 5.60. The molecule has 1 aliphatic rings. The van der Waals surface area contributed by atoms with Gasteiger partial charge in [-0.25, -0.2) is 8.42 Å². The molecule has 1 aliphatic heterocycles. The maximum Gasteiger partial charge on any atom is 0.243 e. The lowest BCUT2D eigenvalue weighted by Gasteiger charge is -2.28. The standard InChI is InChI=1S/C15H21NO2S/c1-12(2)14-8-10-16(11-9-14)19(17,18)15-6-4-13(3)5-7-15/h4-7H,8-11H2,1-3H3. The topological polar surface area (TPSA) is 37.4 Å². The van der Waals surface area contributed by atoms with Crippen LogP contribution in [0, 0.1) is 6.92 Å². The van der Waals surface area contributed by atoms with E-state index in [0.717, 1.165) is 18.4 Å². The van der Waals surface area contributed by atoms with Crippen LogP contribution in [0.3, 0.4) is 0 Å². The van der Waals surface area contributed by atoms with Gasteiger partial charge in [-0.3, -0.25) is 0 Å². The first-order valence-electron chi connectivity index (χ1n) is 6.63. The zero-order valence-corrected chi connectivity index (χ0v) is 12.6. The van der Waals surface area contributed by atoms with Gasteiger partial charge in [-0.1, -0.05) is 28.8 Å². The van der Waals surface area contributed by atoms with Crippen LogP contribution in [0.25, 0.3) is 0 Å². The monoisotopic (exact) mass is 279 g/mol. The third kappa shape index (κ3) is 3.07. The number of allylic oxidation sites excluding steroid dienone is 1. The number of rotatable bonds is 2. The molecular formula is C15H21NO2S. The lowest BCUT2D eigenvalue weighted by Crippen LogP contribution is -2.36. The zero-order chi connectivity index (χ0) is 14.0. The Morgan fingerprint density at radius 1 is 1.05 bits per heavy atom. The number of aryl methyl sites for hydroxylation is 1. The summed E-state index contributed by atoms with van der Waals surface area (Å²) >= 11 is 0. The van der Waals surface area contributed by atoms with Crippen LogP contribution >= 0.6 is 0 Å². The lowest BCUT2D eigenvalue weighted by atomic mass is 10.0. The highest BCUT2D eigenvalue weighted by Gasteiger charge is 2.27. The molecular weight excluding hydrogens is 258 g/mol. The molecule has 0 amide bonds. The van der Waals surface area contributed by atoms with Crippen molar-refractivity contribution < 1.29 is 8.42 Å². The Hall–Kier alpha value is -1.13. The van der Waals surface area contributed by atoms with Crippen LogP contribution in [0.5, 0.6) is 0 Å². The first-order valence-corrected chi connectivity index (χ1v) is 8.07. The van der Waals surface area contributed by atoms with Gasteiger partial charge in [0.2, 0.25) is 10.0 Å². The molecule has 0 N–H and O–H groups in total. The van der Waals surface area contributed by atoms with Crippen molar-refractivity contribution in [2.24, 2.45) is 0 Å². The molecule has 0 unspecified atom stereocenters. The number of piperidine rings is 1. The quantitative estimate of drug-likeness (QED) is 0.780. The Bertz CT molecular complexity index is 571. The summed E-state index contributed by atoms with van der Waals surface area (Å²) in [7, 11) is -3.32. The molecule has 0 atom stereocenters. The lowest BCUT2D eigenvalue weighted by molar-refractivity contribution is 0.385. The van der Waals surface area contributed by atoms with Gasteiger partial charge < -0.3 is 0 Å². The second-order valence-electron chi connectivity index (χ2n) is 5.32. The molecule has 1 heterocycles. The minimum absolute atomic E-state index is 0.402. The molecule has 1 fully saturated rings. The molecule has 0 bridgehead atoms. The van der Waals surface area contributed by atoms with E-state index in [9.17, 15) is 8.42 Å². The van der Waals surface area contributed by atoms with Gasteiger partial charge >= 0.3 is 0 Å². The van der Waals surface area contributed by atoms with E-state index in [-0.39, 0.29) is 0 Å². The van der Waals surface area contributed by atoms with E-state index in [1.807, 2.05) is 19.1 Å². The van der Waals surface area contributed by atoms with E-state index in [4.69, 9.17) is 0 Å². The van der Waals surface area contributed by atoms with Gasteiger partial charge in [0.15, 0.2) is 0 Å². The van der Waals surface area contributed by atoms with E-state index < -0.39 is 10.0 Å². The molecule has 19 heavy (non-hydrogen) atoms. The van der Waals surface area contributed by atoms with Crippen LogP contribution in [0.15, 0.2) is 40.3 Å². The second-order valence-corrected chi connectivity index (χ2v) is 7.26. The minimum Gasteiger partial charge on any atom is -0.207 e. The average Bonchev–Trinajstić information content (AvgIpc) is 2.39. The second kappa shape index (κ2) is 5.47. The Kier molecular flexibility index (Phi) is 4.11. The molecule has 4 heteroatoms. The molecule has 2 rings (SSSR count). The molecule has 104 valence electrons. The summed E-state index contributed by atoms with van der Waals surface area (Å²) in [6.45, 7) is 7.34. The summed E-state index contributed by atoms with van der Waals surface area (Å²) in [5, 5.41) is 0. The van der Waals surface area contributed by atoms with Crippen LogP contribution in [-0.2, 0) is 10.0 Å². The Morgan fingerprint density at radius 3 is 2.05 bits per heavy atom. The van der Waals surface area contributed by atoms with Crippen molar-refractivity contribution in [2.75, 3.05) is 13.1 Å². The van der Waals surface area contributed by atoms with Crippen LogP contribution in [0.4, 0.5) is 0 Å². The summed E-state index contributed by atoms with van der Waals surface area (Å²) in [5.74, 6) is 0. The van der Waals surface area contributed by atoms with Crippen molar-refractivity contribution in [1.82, 2.24) is 4.31 Å². The molecule has 0 saturated carbocycles. The van der Waals surface area contributed by atoms with Crippen molar-refractivity contribution in [3.8, 4) is 0 Å². The smallest absolute Gasteiger partial charge is 0.207 e. The molecule has 1 aromatic carbocycles. The molecule has 0 radical (unpaired) electrons. The van der Waals surface area contributed by atoms with Crippen LogP contribution < -0.4 is 0 Å². The van der Waals surface area contributed by atoms with Gasteiger partial charge in [-0.2, -0.15) is 4.31 Å². The number of sulfonamides is 1. The highest BCUT2D eigenvalue weighted by Crippen LogP contribution is 2.25. The zero-order valence-electron chi connectivity index (χ0n) is 11.8. The van der Waals surface area contributed by atoms with E-state index in [1.165, 1.54) is 11.1 Å². The molecule has 0 aliphatic carbocycles. The molecule has 1 saturated heterocycles. The molecule has 0 spiro atoms. The van der Waals surface area contributed by atoms with Gasteiger partial charge in [-0.15, -0.1) is 0 Å². The van der Waals surface area contributed by atoms with E-state index in [1.54, 1.807) is 16.4 Å². The SMILES string of the molecule is CC(C)=C1CCN(S(=O)(=O)c2ccc(C)cc2)CC1. The van der Waals surface area contributed by atoms with E-state index in [2.05, 4.69) is 13.8 Å². The predicted molar refractivity (Wildman–Crippen MR) is 77.5 cm³/mol. The van der Waals surface area contributed by atoms with E-state index >= 15 is 0 Å². The summed E-state index contributed by atoms with van der Waals surface area (Å²) in [6, 6.07) is 7.08. The van der Waals surface area contributed by atoms with Crippen molar-refractivity contribution in [1.29, 1.82) is 0 Å². The maximum absolute atomic E-state index is 12.5. The fourth-order valence-electron chi connectivity index (χ4n) is 2.36. The van der Waals surface area contributed by atoms with Gasteiger partial charge in [0, 0.05) is 13.1 Å². The highest BCUT2D eigenvalue weighted by atomic mass is 32.2. The first-order chi connectivity index (χ1) is 8.91. The van der Waals surface area contributed by atoms with Crippen molar-refractivity contribution in [2.45, 2.75) is 38.5 Å². The van der Waals surface area contributed by atoms with Gasteiger partial charge in [0.25, 0.3) is 0 Å². The summed E-state index contributed by atoms with van der Waals surface area (Å²) in [6.07, 6.45) is 1.71. The van der Waals surface area contributed by atoms with E-state index in [0.29, 0.717) is 18.0 Å². The van der Waals surface area contributed by atoms with Gasteiger partial charge in [0.05, 0.1) is 4.90 Å². The van der Waals surface area contributed by atoms with Gasteiger partial charge in [0.1, 0.15) is 0 Å². The van der Waals surface area contributed by atoms with Crippen LogP contribution in [0.1, 0.15) is 32.3 Å². The fourth-order valence-corrected chi connectivity index (χ4v) is 3.80. The maximum atomic E-state index is 12.5. The van der Waals surface area contributed by atoms with Crippen molar-refractivity contribution in [3.63, 3.8) is 0 Å². The van der Waals surface area contributed by atoms with Gasteiger partial charge in [-0.05, 0) is 45.7 Å². The number of hydrogen-bond donors (Lipinski definition) is 0. The summed E-state index contributed by atoms with van der Waals surface area (Å²) in [4.78, 5) is 0.402. The molecule has 1 aromatic rings. The fraction of sp³-hybridized carbons (Fsp3) is 0.467. The predicted octanol–water partition coefficient (Wildman–Crippen LogP) is 3.12. The summed E-state index contributed by atoms with van der Waals surface area (Å²) < 4.78 is 26.6. The Balaban J connectivity index is 2.18. The van der Waals surface area contributed by atoms with Crippen LogP contribution in [-0.4, -0.2) is 25.8 Å². The first kappa shape index (κ1) is 14.3. The summed E-state index contributed by atoms with van der Waals surface area (Å²) in [5.41, 5.74) is 3.80. The van der Waals surface area contributed by atoms with Crippen molar-refractivity contribution in [3.05, 3.63) is 41.0 Å². The average molecular weight is 279 g/mol. The number of benzene rings is 1. The third-order valence-electron chi connectivity index (χ3n) is 3.69. The molecule has 3 nitrogen and oxygen atoms in total. The number of nitrogens with zero attached hydrogens (tertiary/aromatic N) is 1. The Labute approximate surface area is 116 Å². The van der Waals surface area contributed by atoms with Crippen LogP contribution in [0.2, 0.25) is 0 Å². The Morgan fingerprint density at radius 2 is 1.58 bits per heavy atom. The number of hydrogen-bond acceptors (Lipinski definition) is 2. The van der Waals surface area contributed by atoms with Crippen molar-refractivity contribution >= 4 is 10.0 Å².